The first-order valence-corrected chi connectivity index (χ1v) is 20.0. The Morgan fingerprint density at radius 2 is 0.737 bits per heavy atom. The van der Waals surface area contributed by atoms with Crippen LogP contribution in [0.25, 0.3) is 43.1 Å². The monoisotopic (exact) mass is 526 g/mol. The van der Waals surface area contributed by atoms with Crippen molar-refractivity contribution in [3.63, 3.8) is 0 Å². The molecule has 0 atom stereocenters. The first-order valence-electron chi connectivity index (χ1n) is 14.2. The van der Waals surface area contributed by atoms with Gasteiger partial charge >= 0.3 is 0 Å². The van der Waals surface area contributed by atoms with Gasteiger partial charge in [-0.2, -0.15) is 0 Å². The summed E-state index contributed by atoms with van der Waals surface area (Å²) in [5, 5.41) is 9.99. The molecule has 0 heterocycles. The Hall–Kier alpha value is -3.31. The first-order chi connectivity index (χ1) is 18.3. The molecule has 0 saturated heterocycles. The highest BCUT2D eigenvalue weighted by molar-refractivity contribution is 6.86. The molecule has 0 spiro atoms. The molecular weight excluding hydrogens is 489 g/mol. The largest absolute Gasteiger partial charge is 0.135 e. The SMILES string of the molecule is CC[Si](C)(C#Cc1c2cc3ccccc3cc2c(C#C[Si](C)(CC)CC)c2cc3ccccc3cc12)CC. The molecule has 5 rings (SSSR count). The molecule has 0 aliphatic heterocycles. The van der Waals surface area contributed by atoms with Crippen LogP contribution < -0.4 is 0 Å². The average Bonchev–Trinajstić information content (AvgIpc) is 2.96. The zero-order valence-corrected chi connectivity index (χ0v) is 25.8. The normalized spacial score (nSPS) is 11.9. The van der Waals surface area contributed by atoms with Gasteiger partial charge in [-0.05, 0) is 91.5 Å². The second-order valence-corrected chi connectivity index (χ2v) is 20.8. The smallest absolute Gasteiger partial charge is 0.126 e. The molecule has 0 amide bonds. The lowest BCUT2D eigenvalue weighted by molar-refractivity contribution is 1.28. The highest BCUT2D eigenvalue weighted by Gasteiger charge is 2.22. The lowest BCUT2D eigenvalue weighted by atomic mass is 9.89. The van der Waals surface area contributed by atoms with Crippen molar-refractivity contribution < 1.29 is 0 Å². The van der Waals surface area contributed by atoms with Crippen LogP contribution in [0.15, 0.2) is 72.8 Å². The topological polar surface area (TPSA) is 0 Å². The van der Waals surface area contributed by atoms with E-state index in [1.54, 1.807) is 0 Å². The van der Waals surface area contributed by atoms with E-state index in [1.807, 2.05) is 0 Å². The predicted molar refractivity (Wildman–Crippen MR) is 175 cm³/mol. The van der Waals surface area contributed by atoms with E-state index in [9.17, 15) is 0 Å². The van der Waals surface area contributed by atoms with Gasteiger partial charge < -0.3 is 0 Å². The molecule has 0 aromatic heterocycles. The summed E-state index contributed by atoms with van der Waals surface area (Å²) < 4.78 is 0. The fourth-order valence-electron chi connectivity index (χ4n) is 5.15. The summed E-state index contributed by atoms with van der Waals surface area (Å²) in [6.07, 6.45) is 0. The predicted octanol–water partition coefficient (Wildman–Crippen LogP) is 10.3. The molecule has 5 aromatic rings. The van der Waals surface area contributed by atoms with E-state index in [2.05, 4.69) is 137 Å². The van der Waals surface area contributed by atoms with Gasteiger partial charge in [0.05, 0.1) is 0 Å². The van der Waals surface area contributed by atoms with Crippen LogP contribution >= 0.6 is 0 Å². The first kappa shape index (κ1) is 26.3. The van der Waals surface area contributed by atoms with Gasteiger partial charge in [-0.3, -0.25) is 0 Å². The Balaban J connectivity index is 2.00. The maximum atomic E-state index is 3.85. The molecule has 0 unspecified atom stereocenters. The van der Waals surface area contributed by atoms with Crippen molar-refractivity contribution in [3.05, 3.63) is 83.9 Å². The maximum absolute atomic E-state index is 3.85. The van der Waals surface area contributed by atoms with Crippen LogP contribution in [0.2, 0.25) is 37.3 Å². The molecule has 2 heteroatoms. The minimum absolute atomic E-state index is 1.17. The van der Waals surface area contributed by atoms with Gasteiger partial charge in [0.2, 0.25) is 0 Å². The van der Waals surface area contributed by atoms with Gasteiger partial charge in [0.1, 0.15) is 16.1 Å². The van der Waals surface area contributed by atoms with Crippen molar-refractivity contribution in [2.75, 3.05) is 0 Å². The van der Waals surface area contributed by atoms with Crippen molar-refractivity contribution >= 4 is 59.2 Å². The minimum atomic E-state index is -1.61. The van der Waals surface area contributed by atoms with Gasteiger partial charge in [-0.25, -0.2) is 0 Å². The van der Waals surface area contributed by atoms with Crippen LogP contribution in [0.3, 0.4) is 0 Å². The van der Waals surface area contributed by atoms with E-state index in [-0.39, 0.29) is 0 Å². The van der Waals surface area contributed by atoms with Crippen LogP contribution in [0, 0.1) is 22.9 Å². The van der Waals surface area contributed by atoms with E-state index in [1.165, 1.54) is 78.4 Å². The molecule has 0 radical (unpaired) electrons. The average molecular weight is 527 g/mol. The van der Waals surface area contributed by atoms with Crippen molar-refractivity contribution in [1.82, 2.24) is 0 Å². The second-order valence-electron chi connectivity index (χ2n) is 11.3. The van der Waals surface area contributed by atoms with Crippen LogP contribution in [0.1, 0.15) is 38.8 Å². The maximum Gasteiger partial charge on any atom is 0.135 e. The zero-order valence-electron chi connectivity index (χ0n) is 23.8. The van der Waals surface area contributed by atoms with E-state index in [0.717, 1.165) is 0 Å². The lowest BCUT2D eigenvalue weighted by Gasteiger charge is -2.18. The number of hydrogen-bond acceptors (Lipinski definition) is 0. The summed E-state index contributed by atoms with van der Waals surface area (Å²) in [7, 11) is -3.22. The fourth-order valence-corrected chi connectivity index (χ4v) is 7.71. The molecule has 5 aromatic carbocycles. The molecular formula is C36H38Si2. The summed E-state index contributed by atoms with van der Waals surface area (Å²) in [5.41, 5.74) is 10.0. The van der Waals surface area contributed by atoms with Crippen molar-refractivity contribution in [1.29, 1.82) is 0 Å². The van der Waals surface area contributed by atoms with Gasteiger partial charge in [-0.1, -0.05) is 101 Å². The summed E-state index contributed by atoms with van der Waals surface area (Å²) in [4.78, 5) is 0. The van der Waals surface area contributed by atoms with E-state index in [4.69, 9.17) is 0 Å². The Bertz CT molecular complexity index is 1570. The molecule has 0 bridgehead atoms. The number of rotatable bonds is 4. The third kappa shape index (κ3) is 4.80. The highest BCUT2D eigenvalue weighted by atomic mass is 28.3. The van der Waals surface area contributed by atoms with Gasteiger partial charge in [-0.15, -0.1) is 11.1 Å². The summed E-state index contributed by atoms with van der Waals surface area (Å²) in [6.45, 7) is 14.1. The lowest BCUT2D eigenvalue weighted by Crippen LogP contribution is -2.25. The zero-order chi connectivity index (χ0) is 26.9. The molecule has 0 N–H and O–H groups in total. The Morgan fingerprint density at radius 3 is 0.974 bits per heavy atom. The molecule has 0 aliphatic rings. The summed E-state index contributed by atoms with van der Waals surface area (Å²) in [6, 6.07) is 31.6. The Labute approximate surface area is 230 Å². The Morgan fingerprint density at radius 1 is 0.474 bits per heavy atom. The quantitative estimate of drug-likeness (QED) is 0.124. The van der Waals surface area contributed by atoms with E-state index >= 15 is 0 Å². The van der Waals surface area contributed by atoms with Crippen molar-refractivity contribution in [2.45, 2.75) is 65.0 Å². The van der Waals surface area contributed by atoms with Crippen LogP contribution in [0.5, 0.6) is 0 Å². The highest BCUT2D eigenvalue weighted by Crippen LogP contribution is 2.37. The molecule has 38 heavy (non-hydrogen) atoms. The van der Waals surface area contributed by atoms with E-state index < -0.39 is 16.1 Å². The number of benzene rings is 5. The standard InChI is InChI=1S/C36H38Si2/c1-7-37(5,8-2)21-19-31-33-23-27-15-11-13-17-29(27)25-35(33)32(20-22-38(6,9-3)10-4)36-26-30-18-14-12-16-28(30)24-34(31)36/h11-18,23-26H,7-10H2,1-6H3. The second kappa shape index (κ2) is 10.5. The van der Waals surface area contributed by atoms with Gasteiger partial charge in [0.25, 0.3) is 0 Å². The fraction of sp³-hybridized carbons (Fsp3) is 0.278. The Kier molecular flexibility index (Phi) is 7.24. The van der Waals surface area contributed by atoms with E-state index in [0.29, 0.717) is 0 Å². The third-order valence-electron chi connectivity index (χ3n) is 8.95. The van der Waals surface area contributed by atoms with Crippen LogP contribution in [-0.2, 0) is 0 Å². The molecule has 0 nitrogen and oxygen atoms in total. The minimum Gasteiger partial charge on any atom is -0.126 e. The summed E-state index contributed by atoms with van der Waals surface area (Å²) in [5.74, 6) is 7.59. The van der Waals surface area contributed by atoms with Crippen molar-refractivity contribution in [3.8, 4) is 22.9 Å². The van der Waals surface area contributed by atoms with Crippen molar-refractivity contribution in [2.24, 2.45) is 0 Å². The molecule has 190 valence electrons. The third-order valence-corrected chi connectivity index (χ3v) is 16.6. The molecule has 0 fully saturated rings. The molecule has 0 aliphatic carbocycles. The van der Waals surface area contributed by atoms with Gasteiger partial charge in [0, 0.05) is 11.1 Å². The van der Waals surface area contributed by atoms with Gasteiger partial charge in [0.15, 0.2) is 0 Å². The van der Waals surface area contributed by atoms with Crippen LogP contribution in [0.4, 0.5) is 0 Å². The van der Waals surface area contributed by atoms with Crippen LogP contribution in [-0.4, -0.2) is 16.1 Å². The number of fused-ring (bicyclic) bond motifs is 4. The number of hydrogen-bond donors (Lipinski definition) is 0. The molecule has 0 saturated carbocycles. The summed E-state index contributed by atoms with van der Waals surface area (Å²) >= 11 is 0.